The molecule has 1 aromatic carbocycles. The smallest absolute Gasteiger partial charge is 0.104 e. The van der Waals surface area contributed by atoms with Crippen molar-refractivity contribution >= 4 is 17.0 Å². The standard InChI is InChI=1S/C15H15NOS/c1-16(14-7-3-2-4-8-14)12-15-13(6-5-10-17)9-11-18-15/h2-4,7-9,11,17H,10,12H2,1H3. The van der Waals surface area contributed by atoms with Crippen molar-refractivity contribution in [1.29, 1.82) is 0 Å². The van der Waals surface area contributed by atoms with Crippen LogP contribution in [0.2, 0.25) is 0 Å². The maximum Gasteiger partial charge on any atom is 0.104 e. The molecular formula is C15H15NOS. The predicted octanol–water partition coefficient (Wildman–Crippen LogP) is 2.73. The third-order valence-corrected chi connectivity index (χ3v) is 3.53. The molecule has 0 aliphatic rings. The van der Waals surface area contributed by atoms with Gasteiger partial charge in [0.1, 0.15) is 6.61 Å². The molecule has 0 saturated heterocycles. The molecule has 0 amide bonds. The number of hydrogen-bond acceptors (Lipinski definition) is 3. The van der Waals surface area contributed by atoms with Crippen molar-refractivity contribution in [1.82, 2.24) is 0 Å². The number of nitrogens with zero attached hydrogens (tertiary/aromatic N) is 1. The molecule has 1 N–H and O–H groups in total. The van der Waals surface area contributed by atoms with E-state index in [2.05, 4.69) is 35.9 Å². The van der Waals surface area contributed by atoms with E-state index in [-0.39, 0.29) is 6.61 Å². The van der Waals surface area contributed by atoms with Gasteiger partial charge in [0.2, 0.25) is 0 Å². The molecule has 0 fully saturated rings. The van der Waals surface area contributed by atoms with Crippen molar-refractivity contribution in [3.63, 3.8) is 0 Å². The lowest BCUT2D eigenvalue weighted by molar-refractivity contribution is 0.350. The van der Waals surface area contributed by atoms with Gasteiger partial charge in [0.25, 0.3) is 0 Å². The van der Waals surface area contributed by atoms with E-state index in [0.29, 0.717) is 0 Å². The number of aliphatic hydroxyl groups is 1. The molecule has 0 unspecified atom stereocenters. The minimum Gasteiger partial charge on any atom is -0.384 e. The van der Waals surface area contributed by atoms with Crippen LogP contribution in [0.4, 0.5) is 5.69 Å². The van der Waals surface area contributed by atoms with Gasteiger partial charge in [0.15, 0.2) is 0 Å². The van der Waals surface area contributed by atoms with E-state index in [4.69, 9.17) is 5.11 Å². The molecular weight excluding hydrogens is 242 g/mol. The number of hydrogen-bond donors (Lipinski definition) is 1. The second-order valence-electron chi connectivity index (χ2n) is 3.91. The minimum absolute atomic E-state index is 0.0934. The lowest BCUT2D eigenvalue weighted by atomic mass is 10.2. The summed E-state index contributed by atoms with van der Waals surface area (Å²) in [4.78, 5) is 3.41. The lowest BCUT2D eigenvalue weighted by Crippen LogP contribution is -2.15. The van der Waals surface area contributed by atoms with Gasteiger partial charge in [-0.05, 0) is 23.6 Å². The summed E-state index contributed by atoms with van der Waals surface area (Å²) in [6.07, 6.45) is 0. The Morgan fingerprint density at radius 3 is 2.72 bits per heavy atom. The Morgan fingerprint density at radius 2 is 2.00 bits per heavy atom. The Bertz CT molecular complexity index is 551. The average Bonchev–Trinajstić information content (AvgIpc) is 2.84. The van der Waals surface area contributed by atoms with E-state index >= 15 is 0 Å². The molecule has 0 spiro atoms. The van der Waals surface area contributed by atoms with Gasteiger partial charge in [0, 0.05) is 23.2 Å². The van der Waals surface area contributed by atoms with Gasteiger partial charge in [-0.15, -0.1) is 11.3 Å². The van der Waals surface area contributed by atoms with Crippen LogP contribution < -0.4 is 4.90 Å². The van der Waals surface area contributed by atoms with Crippen molar-refractivity contribution in [3.05, 3.63) is 52.2 Å². The van der Waals surface area contributed by atoms with Crippen molar-refractivity contribution in [2.24, 2.45) is 0 Å². The number of anilines is 1. The number of rotatable bonds is 3. The summed E-state index contributed by atoms with van der Waals surface area (Å²) in [5.74, 6) is 5.68. The molecule has 3 heteroatoms. The SMILES string of the molecule is CN(Cc1sccc1C#CCO)c1ccccc1. The molecule has 0 aliphatic carbocycles. The lowest BCUT2D eigenvalue weighted by Gasteiger charge is -2.18. The average molecular weight is 257 g/mol. The molecule has 2 rings (SSSR count). The van der Waals surface area contributed by atoms with E-state index in [1.165, 1.54) is 10.6 Å². The van der Waals surface area contributed by atoms with Crippen LogP contribution in [-0.2, 0) is 6.54 Å². The topological polar surface area (TPSA) is 23.5 Å². The van der Waals surface area contributed by atoms with E-state index in [9.17, 15) is 0 Å². The Labute approximate surface area is 112 Å². The van der Waals surface area contributed by atoms with Crippen LogP contribution in [0, 0.1) is 11.8 Å². The third kappa shape index (κ3) is 3.13. The summed E-state index contributed by atoms with van der Waals surface area (Å²) < 4.78 is 0. The summed E-state index contributed by atoms with van der Waals surface area (Å²) >= 11 is 1.70. The normalized spacial score (nSPS) is 9.67. The van der Waals surface area contributed by atoms with Gasteiger partial charge >= 0.3 is 0 Å². The zero-order valence-corrected chi connectivity index (χ0v) is 11.1. The number of aliphatic hydroxyl groups excluding tert-OH is 1. The highest BCUT2D eigenvalue weighted by Gasteiger charge is 2.06. The Balaban J connectivity index is 2.12. The first-order chi connectivity index (χ1) is 8.81. The van der Waals surface area contributed by atoms with Crippen molar-refractivity contribution in [2.45, 2.75) is 6.54 Å². The zero-order chi connectivity index (χ0) is 12.8. The van der Waals surface area contributed by atoms with Gasteiger partial charge in [-0.1, -0.05) is 30.0 Å². The first kappa shape index (κ1) is 12.7. The second-order valence-corrected chi connectivity index (χ2v) is 4.91. The van der Waals surface area contributed by atoms with Crippen LogP contribution in [-0.4, -0.2) is 18.8 Å². The predicted molar refractivity (Wildman–Crippen MR) is 76.8 cm³/mol. The van der Waals surface area contributed by atoms with Crippen LogP contribution in [0.25, 0.3) is 0 Å². The molecule has 0 aliphatic heterocycles. The van der Waals surface area contributed by atoms with Gasteiger partial charge in [-0.3, -0.25) is 0 Å². The summed E-state index contributed by atoms with van der Waals surface area (Å²) in [6.45, 7) is 0.737. The molecule has 92 valence electrons. The molecule has 1 heterocycles. The summed E-state index contributed by atoms with van der Waals surface area (Å²) in [7, 11) is 2.07. The van der Waals surface area contributed by atoms with E-state index in [0.717, 1.165) is 12.1 Å². The van der Waals surface area contributed by atoms with Gasteiger partial charge in [0.05, 0.1) is 6.54 Å². The van der Waals surface area contributed by atoms with Crippen molar-refractivity contribution in [2.75, 3.05) is 18.6 Å². The fourth-order valence-corrected chi connectivity index (χ4v) is 2.58. The Morgan fingerprint density at radius 1 is 1.22 bits per heavy atom. The number of benzene rings is 1. The van der Waals surface area contributed by atoms with Crippen molar-refractivity contribution < 1.29 is 5.11 Å². The molecule has 0 radical (unpaired) electrons. The first-order valence-electron chi connectivity index (χ1n) is 5.73. The molecule has 2 nitrogen and oxygen atoms in total. The summed E-state index contributed by atoms with van der Waals surface area (Å²) in [6, 6.07) is 12.3. The highest BCUT2D eigenvalue weighted by Crippen LogP contribution is 2.21. The minimum atomic E-state index is -0.0934. The second kappa shape index (κ2) is 6.25. The van der Waals surface area contributed by atoms with Crippen LogP contribution in [0.3, 0.4) is 0 Å². The Hall–Kier alpha value is -1.76. The molecule has 2 aromatic rings. The van der Waals surface area contributed by atoms with E-state index in [1.54, 1.807) is 11.3 Å². The van der Waals surface area contributed by atoms with Crippen LogP contribution >= 0.6 is 11.3 Å². The largest absolute Gasteiger partial charge is 0.384 e. The molecule has 0 saturated carbocycles. The first-order valence-corrected chi connectivity index (χ1v) is 6.61. The maximum atomic E-state index is 8.74. The number of thiophene rings is 1. The molecule has 0 bridgehead atoms. The van der Waals surface area contributed by atoms with Crippen LogP contribution in [0.5, 0.6) is 0 Å². The highest BCUT2D eigenvalue weighted by molar-refractivity contribution is 7.10. The monoisotopic (exact) mass is 257 g/mol. The van der Waals surface area contributed by atoms with E-state index in [1.807, 2.05) is 29.6 Å². The quantitative estimate of drug-likeness (QED) is 0.855. The van der Waals surface area contributed by atoms with Gasteiger partial charge in [-0.25, -0.2) is 0 Å². The van der Waals surface area contributed by atoms with Crippen LogP contribution in [0.15, 0.2) is 41.8 Å². The molecule has 1 aromatic heterocycles. The fourth-order valence-electron chi connectivity index (χ4n) is 1.70. The van der Waals surface area contributed by atoms with Gasteiger partial charge < -0.3 is 10.0 Å². The fraction of sp³-hybridized carbons (Fsp3) is 0.200. The van der Waals surface area contributed by atoms with Crippen molar-refractivity contribution in [3.8, 4) is 11.8 Å². The third-order valence-electron chi connectivity index (χ3n) is 2.63. The number of para-hydroxylation sites is 1. The molecule has 18 heavy (non-hydrogen) atoms. The van der Waals surface area contributed by atoms with Gasteiger partial charge in [-0.2, -0.15) is 0 Å². The zero-order valence-electron chi connectivity index (χ0n) is 10.3. The molecule has 0 atom stereocenters. The van der Waals surface area contributed by atoms with Crippen LogP contribution in [0.1, 0.15) is 10.4 Å². The summed E-state index contributed by atoms with van der Waals surface area (Å²) in [5, 5.41) is 10.8. The maximum absolute atomic E-state index is 8.74. The summed E-state index contributed by atoms with van der Waals surface area (Å²) in [5.41, 5.74) is 2.20. The Kier molecular flexibility index (Phi) is 4.40. The van der Waals surface area contributed by atoms with E-state index < -0.39 is 0 Å². The highest BCUT2D eigenvalue weighted by atomic mass is 32.1.